The molecule has 0 aromatic heterocycles. The number of alkyl halides is 3. The van der Waals surface area contributed by atoms with Gasteiger partial charge in [0.15, 0.2) is 0 Å². The number of hydrogen-bond acceptors (Lipinski definition) is 3. The third-order valence-corrected chi connectivity index (χ3v) is 7.01. The predicted octanol–water partition coefficient (Wildman–Crippen LogP) is 7.19. The second-order valence-corrected chi connectivity index (χ2v) is 9.37. The third-order valence-electron chi connectivity index (χ3n) is 7.01. The number of fused-ring (bicyclic) bond motifs is 2. The van der Waals surface area contributed by atoms with Gasteiger partial charge < -0.3 is 15.2 Å². The number of aromatic carboxylic acids is 1. The fraction of sp³-hybridized carbons (Fsp3) is 0.233. The molecule has 3 atom stereocenters. The summed E-state index contributed by atoms with van der Waals surface area (Å²) in [6, 6.07) is 25.2. The fourth-order valence-corrected chi connectivity index (χ4v) is 5.18. The molecule has 0 bridgehead atoms. The number of ether oxygens (including phenoxy) is 1. The molecule has 0 aliphatic carbocycles. The molecule has 190 valence electrons. The first kappa shape index (κ1) is 24.8. The summed E-state index contributed by atoms with van der Waals surface area (Å²) >= 11 is 0. The molecule has 0 fully saturated rings. The summed E-state index contributed by atoms with van der Waals surface area (Å²) < 4.78 is 47.4. The molecule has 5 rings (SSSR count). The first-order valence-electron chi connectivity index (χ1n) is 12.1. The van der Waals surface area contributed by atoms with Crippen LogP contribution >= 0.6 is 0 Å². The van der Waals surface area contributed by atoms with Gasteiger partial charge in [-0.25, -0.2) is 4.79 Å². The molecule has 4 aromatic carbocycles. The fourth-order valence-electron chi connectivity index (χ4n) is 5.18. The van der Waals surface area contributed by atoms with Gasteiger partial charge in [-0.05, 0) is 53.4 Å². The number of halogens is 3. The van der Waals surface area contributed by atoms with Crippen LogP contribution in [0, 0.1) is 0 Å². The van der Waals surface area contributed by atoms with Crippen LogP contribution in [0.2, 0.25) is 0 Å². The summed E-state index contributed by atoms with van der Waals surface area (Å²) in [7, 11) is 0. The SMILES string of the molecule is C[C@@H](NC[C@H]1C[C@H](c2ccc(C(=O)O)c(C(F)(F)F)c2)c2ccccc2O1)c1cccc2ccccc12. The van der Waals surface area contributed by atoms with Gasteiger partial charge in [0.25, 0.3) is 0 Å². The lowest BCUT2D eigenvalue weighted by Crippen LogP contribution is -2.37. The van der Waals surface area contributed by atoms with E-state index in [4.69, 9.17) is 4.74 Å². The van der Waals surface area contributed by atoms with Crippen LogP contribution in [0.1, 0.15) is 57.9 Å². The maximum absolute atomic E-state index is 13.7. The normalized spacial score (nSPS) is 18.2. The molecule has 0 amide bonds. The summed E-state index contributed by atoms with van der Waals surface area (Å²) in [6.07, 6.45) is -4.61. The number of benzene rings is 4. The van der Waals surface area contributed by atoms with Crippen molar-refractivity contribution in [2.45, 2.75) is 37.6 Å². The zero-order valence-corrected chi connectivity index (χ0v) is 20.1. The largest absolute Gasteiger partial charge is 0.489 e. The van der Waals surface area contributed by atoms with Gasteiger partial charge in [-0.3, -0.25) is 0 Å². The topological polar surface area (TPSA) is 58.6 Å². The molecule has 37 heavy (non-hydrogen) atoms. The Morgan fingerprint density at radius 2 is 1.76 bits per heavy atom. The minimum atomic E-state index is -4.77. The van der Waals surface area contributed by atoms with Gasteiger partial charge in [-0.2, -0.15) is 13.2 Å². The number of carboxylic acids is 1. The lowest BCUT2D eigenvalue weighted by Gasteiger charge is -2.34. The van der Waals surface area contributed by atoms with E-state index in [1.54, 1.807) is 0 Å². The summed E-state index contributed by atoms with van der Waals surface area (Å²) in [4.78, 5) is 11.4. The zero-order chi connectivity index (χ0) is 26.2. The molecular formula is C30H26F3NO3. The van der Waals surface area contributed by atoms with Crippen LogP contribution in [-0.2, 0) is 6.18 Å². The van der Waals surface area contributed by atoms with Crippen LogP contribution in [0.5, 0.6) is 5.75 Å². The monoisotopic (exact) mass is 505 g/mol. The van der Waals surface area contributed by atoms with Crippen LogP contribution in [0.4, 0.5) is 13.2 Å². The Balaban J connectivity index is 1.42. The van der Waals surface area contributed by atoms with Crippen molar-refractivity contribution in [2.24, 2.45) is 0 Å². The Bertz CT molecular complexity index is 1440. The Labute approximate surface area is 212 Å². The van der Waals surface area contributed by atoms with Crippen LogP contribution in [0.15, 0.2) is 84.9 Å². The number of nitrogens with one attached hydrogen (secondary N) is 1. The summed E-state index contributed by atoms with van der Waals surface area (Å²) in [6.45, 7) is 2.57. The molecule has 1 heterocycles. The van der Waals surface area contributed by atoms with Gasteiger partial charge >= 0.3 is 12.1 Å². The molecule has 7 heteroatoms. The van der Waals surface area contributed by atoms with Crippen molar-refractivity contribution < 1.29 is 27.8 Å². The number of para-hydroxylation sites is 1. The van der Waals surface area contributed by atoms with Crippen molar-refractivity contribution in [3.63, 3.8) is 0 Å². The quantitative estimate of drug-likeness (QED) is 0.291. The van der Waals surface area contributed by atoms with E-state index in [0.29, 0.717) is 24.3 Å². The highest BCUT2D eigenvalue weighted by atomic mass is 19.4. The molecule has 0 spiro atoms. The minimum absolute atomic E-state index is 0.0250. The smallest absolute Gasteiger partial charge is 0.417 e. The van der Waals surface area contributed by atoms with Crippen molar-refractivity contribution >= 4 is 16.7 Å². The first-order valence-corrected chi connectivity index (χ1v) is 12.1. The zero-order valence-electron chi connectivity index (χ0n) is 20.1. The van der Waals surface area contributed by atoms with Crippen molar-refractivity contribution in [1.82, 2.24) is 5.32 Å². The number of hydrogen-bond donors (Lipinski definition) is 2. The predicted molar refractivity (Wildman–Crippen MR) is 136 cm³/mol. The maximum atomic E-state index is 13.7. The van der Waals surface area contributed by atoms with Gasteiger partial charge in [0.2, 0.25) is 0 Å². The number of rotatable bonds is 6. The molecule has 0 saturated heterocycles. The van der Waals surface area contributed by atoms with Crippen molar-refractivity contribution in [3.05, 3.63) is 113 Å². The molecule has 2 N–H and O–H groups in total. The molecule has 0 radical (unpaired) electrons. The molecular weight excluding hydrogens is 479 g/mol. The Hall–Kier alpha value is -3.84. The van der Waals surface area contributed by atoms with Gasteiger partial charge in [-0.1, -0.05) is 66.7 Å². The average Bonchev–Trinajstić information content (AvgIpc) is 2.90. The van der Waals surface area contributed by atoms with E-state index in [0.717, 1.165) is 34.0 Å². The highest BCUT2D eigenvalue weighted by molar-refractivity contribution is 5.90. The molecule has 4 aromatic rings. The average molecular weight is 506 g/mol. The van der Waals surface area contributed by atoms with Crippen LogP contribution in [-0.4, -0.2) is 23.7 Å². The van der Waals surface area contributed by atoms with Gasteiger partial charge in [0.05, 0.1) is 11.1 Å². The van der Waals surface area contributed by atoms with Crippen molar-refractivity contribution in [2.75, 3.05) is 6.54 Å². The maximum Gasteiger partial charge on any atom is 0.417 e. The van der Waals surface area contributed by atoms with E-state index in [1.165, 1.54) is 6.07 Å². The Kier molecular flexibility index (Phi) is 6.65. The molecule has 1 aliphatic heterocycles. The lowest BCUT2D eigenvalue weighted by atomic mass is 9.83. The molecule has 0 saturated carbocycles. The standard InChI is InChI=1S/C30H26F3NO3/c1-18(22-11-6-8-19-7-2-3-9-23(19)22)34-17-21-16-26(24-10-4-5-12-28(24)37-21)20-13-14-25(29(35)36)27(15-20)30(31,32)33/h2-15,18,21,26,34H,16-17H2,1H3,(H,35,36)/t18-,21-,26-/m1/s1. The molecule has 0 unspecified atom stereocenters. The van der Waals surface area contributed by atoms with E-state index >= 15 is 0 Å². The van der Waals surface area contributed by atoms with Crippen molar-refractivity contribution in [3.8, 4) is 5.75 Å². The Morgan fingerprint density at radius 1 is 1.03 bits per heavy atom. The molecule has 4 nitrogen and oxygen atoms in total. The summed E-state index contributed by atoms with van der Waals surface area (Å²) in [5.41, 5.74) is 0.474. The van der Waals surface area contributed by atoms with Gasteiger partial charge in [0.1, 0.15) is 11.9 Å². The summed E-state index contributed by atoms with van der Waals surface area (Å²) in [5.74, 6) is -1.34. The van der Waals surface area contributed by atoms with E-state index < -0.39 is 23.3 Å². The second-order valence-electron chi connectivity index (χ2n) is 9.37. The minimum Gasteiger partial charge on any atom is -0.489 e. The van der Waals surface area contributed by atoms with Gasteiger partial charge in [-0.15, -0.1) is 0 Å². The van der Waals surface area contributed by atoms with Crippen LogP contribution in [0.25, 0.3) is 10.8 Å². The number of carboxylic acid groups (broad SMARTS) is 1. The van der Waals surface area contributed by atoms with Crippen LogP contribution in [0.3, 0.4) is 0 Å². The lowest BCUT2D eigenvalue weighted by molar-refractivity contribution is -0.138. The highest BCUT2D eigenvalue weighted by Crippen LogP contribution is 2.42. The van der Waals surface area contributed by atoms with E-state index in [1.807, 2.05) is 42.5 Å². The second kappa shape index (κ2) is 9.90. The highest BCUT2D eigenvalue weighted by Gasteiger charge is 2.37. The Morgan fingerprint density at radius 3 is 2.54 bits per heavy atom. The third kappa shape index (κ3) is 5.04. The van der Waals surface area contributed by atoms with Gasteiger partial charge in [0, 0.05) is 24.1 Å². The van der Waals surface area contributed by atoms with E-state index in [-0.39, 0.29) is 18.1 Å². The van der Waals surface area contributed by atoms with E-state index in [2.05, 4.69) is 36.5 Å². The van der Waals surface area contributed by atoms with Crippen molar-refractivity contribution in [1.29, 1.82) is 0 Å². The summed E-state index contributed by atoms with van der Waals surface area (Å²) in [5, 5.41) is 15.1. The number of carbonyl (C=O) groups is 1. The van der Waals surface area contributed by atoms with E-state index in [9.17, 15) is 23.1 Å². The molecule has 1 aliphatic rings. The van der Waals surface area contributed by atoms with Crippen LogP contribution < -0.4 is 10.1 Å². The first-order chi connectivity index (χ1) is 17.7.